The maximum Gasteiger partial charge on any atom is 0.239 e. The predicted octanol–water partition coefficient (Wildman–Crippen LogP) is -0.128. The van der Waals surface area contributed by atoms with E-state index in [1.54, 1.807) is 14.1 Å². The fourth-order valence-corrected chi connectivity index (χ4v) is 6.29. The Kier molecular flexibility index (Phi) is 6.64. The molecule has 1 aromatic heterocycles. The van der Waals surface area contributed by atoms with Crippen LogP contribution >= 0.6 is 11.3 Å². The van der Waals surface area contributed by atoms with E-state index in [0.29, 0.717) is 17.8 Å². The lowest BCUT2D eigenvalue weighted by Gasteiger charge is -2.56. The molecule has 0 spiro atoms. The highest BCUT2D eigenvalue weighted by Gasteiger charge is 2.61. The van der Waals surface area contributed by atoms with Crippen LogP contribution in [0.5, 0.6) is 0 Å². The van der Waals surface area contributed by atoms with Crippen molar-refractivity contribution in [3.05, 3.63) is 29.3 Å². The van der Waals surface area contributed by atoms with Crippen LogP contribution < -0.4 is 16.0 Å². The van der Waals surface area contributed by atoms with Gasteiger partial charge in [-0.15, -0.1) is 11.3 Å². The summed E-state index contributed by atoms with van der Waals surface area (Å²) >= 11 is 1.47. The minimum atomic E-state index is -1.89. The van der Waals surface area contributed by atoms with Crippen molar-refractivity contribution in [2.45, 2.75) is 80.8 Å². The van der Waals surface area contributed by atoms with Gasteiger partial charge in [0.2, 0.25) is 18.0 Å². The average molecular weight is 493 g/mol. The smallest absolute Gasteiger partial charge is 0.239 e. The van der Waals surface area contributed by atoms with Gasteiger partial charge in [-0.25, -0.2) is 4.98 Å². The molecule has 0 bridgehead atoms. The highest BCUT2D eigenvalue weighted by molar-refractivity contribution is 7.18. The molecule has 3 heterocycles. The first kappa shape index (κ1) is 24.0. The molecule has 3 unspecified atom stereocenters. The maximum atomic E-state index is 13.0. The average Bonchev–Trinajstić information content (AvgIpc) is 3.20. The molecule has 5 rings (SSSR count). The number of carbonyl (C=O) groups excluding carboxylic acids is 1. The number of ether oxygens (including phenoxy) is 3. The number of rotatable bonds is 5. The van der Waals surface area contributed by atoms with Crippen molar-refractivity contribution < 1.29 is 29.2 Å². The van der Waals surface area contributed by atoms with Gasteiger partial charge in [-0.3, -0.25) is 4.79 Å². The Bertz CT molecular complexity index is 1000. The number of nitrogens with one attached hydrogen (secondary N) is 3. The lowest BCUT2D eigenvalue weighted by atomic mass is 9.81. The monoisotopic (exact) mass is 492 g/mol. The van der Waals surface area contributed by atoms with E-state index in [1.165, 1.54) is 11.3 Å². The van der Waals surface area contributed by atoms with Gasteiger partial charge in [0.15, 0.2) is 0 Å². The van der Waals surface area contributed by atoms with Crippen molar-refractivity contribution in [1.29, 1.82) is 0 Å². The van der Waals surface area contributed by atoms with Gasteiger partial charge in [-0.1, -0.05) is 12.1 Å². The van der Waals surface area contributed by atoms with Crippen LogP contribution in [0.1, 0.15) is 24.8 Å². The zero-order valence-corrected chi connectivity index (χ0v) is 20.2. The Morgan fingerprint density at radius 3 is 2.76 bits per heavy atom. The number of amides is 1. The van der Waals surface area contributed by atoms with Crippen LogP contribution in [0.25, 0.3) is 10.2 Å². The predicted molar refractivity (Wildman–Crippen MR) is 125 cm³/mol. The molecule has 10 nitrogen and oxygen atoms in total. The van der Waals surface area contributed by atoms with Gasteiger partial charge in [-0.05, 0) is 46.0 Å². The van der Waals surface area contributed by atoms with Crippen LogP contribution in [0, 0.1) is 0 Å². The van der Waals surface area contributed by atoms with Crippen molar-refractivity contribution in [1.82, 2.24) is 20.9 Å². The molecule has 0 radical (unpaired) electrons. The van der Waals surface area contributed by atoms with Crippen LogP contribution in [-0.4, -0.2) is 89.8 Å². The first-order valence-corrected chi connectivity index (χ1v) is 12.5. The number of hydrogen-bond donors (Lipinski definition) is 5. The van der Waals surface area contributed by atoms with E-state index in [2.05, 4.69) is 20.9 Å². The van der Waals surface area contributed by atoms with E-state index in [4.69, 9.17) is 14.2 Å². The second-order valence-electron chi connectivity index (χ2n) is 9.33. The summed E-state index contributed by atoms with van der Waals surface area (Å²) in [6.45, 7) is 1.87. The Morgan fingerprint density at radius 1 is 1.24 bits per heavy atom. The molecule has 1 saturated carbocycles. The molecule has 2 aliphatic heterocycles. The SMILES string of the molecule is CN[C@H]1CC2OC3O[C@H](C)C[C@@H](NC(=O)Cc4nc5ccccc5s4)[C@]3(O)OC2[C@@H](NC)[C@H]1O. The van der Waals surface area contributed by atoms with Gasteiger partial charge in [0.25, 0.3) is 0 Å². The van der Waals surface area contributed by atoms with Crippen LogP contribution in [0.2, 0.25) is 0 Å². The summed E-state index contributed by atoms with van der Waals surface area (Å²) in [6.07, 6.45) is -2.12. The van der Waals surface area contributed by atoms with Crippen LogP contribution in [0.4, 0.5) is 0 Å². The second kappa shape index (κ2) is 9.40. The normalized spacial score (nSPS) is 39.9. The Labute approximate surface area is 202 Å². The molecular formula is C23H32N4O6S. The van der Waals surface area contributed by atoms with Crippen LogP contribution in [0.3, 0.4) is 0 Å². The fourth-order valence-electron chi connectivity index (χ4n) is 5.32. The summed E-state index contributed by atoms with van der Waals surface area (Å²) in [7, 11) is 3.52. The van der Waals surface area contributed by atoms with E-state index in [1.807, 2.05) is 31.2 Å². The molecule has 3 aliphatic rings. The van der Waals surface area contributed by atoms with Gasteiger partial charge >= 0.3 is 0 Å². The molecule has 1 aliphatic carbocycles. The number of fused-ring (bicyclic) bond motifs is 3. The minimum Gasteiger partial charge on any atom is -0.390 e. The Morgan fingerprint density at radius 2 is 2.03 bits per heavy atom. The highest BCUT2D eigenvalue weighted by Crippen LogP contribution is 2.41. The standard InChI is InChI=1S/C23H32N4O6S/c1-11-8-16(27-17(28)10-18-26-12-6-4-5-7-15(12)34-18)23(30)22(31-11)32-14-9-13(24-2)20(29)19(25-3)21(14)33-23/h4-7,11,13-14,16,19-22,24-25,29-30H,8-10H2,1-3H3,(H,27,28)/t11-,13+,14?,16-,19+,20+,21?,22?,23+/m1/s1. The van der Waals surface area contributed by atoms with Gasteiger partial charge in [-0.2, -0.15) is 0 Å². The Hall–Kier alpha value is -1.70. The van der Waals surface area contributed by atoms with Gasteiger partial charge in [0, 0.05) is 6.04 Å². The number of benzene rings is 1. The van der Waals surface area contributed by atoms with Crippen LogP contribution in [-0.2, 0) is 25.4 Å². The number of para-hydroxylation sites is 1. The molecule has 9 atom stereocenters. The molecule has 1 amide bonds. The molecule has 186 valence electrons. The summed E-state index contributed by atoms with van der Waals surface area (Å²) < 4.78 is 19.4. The summed E-state index contributed by atoms with van der Waals surface area (Å²) in [5.74, 6) is -2.15. The van der Waals surface area contributed by atoms with Gasteiger partial charge < -0.3 is 40.4 Å². The van der Waals surface area contributed by atoms with E-state index in [-0.39, 0.29) is 24.5 Å². The zero-order chi connectivity index (χ0) is 24.0. The lowest BCUT2D eigenvalue weighted by Crippen LogP contribution is -2.76. The van der Waals surface area contributed by atoms with E-state index < -0.39 is 42.5 Å². The molecule has 11 heteroatoms. The molecule has 2 saturated heterocycles. The largest absolute Gasteiger partial charge is 0.390 e. The van der Waals surface area contributed by atoms with E-state index >= 15 is 0 Å². The number of aliphatic hydroxyl groups excluding tert-OH is 1. The van der Waals surface area contributed by atoms with Crippen molar-refractivity contribution in [3.63, 3.8) is 0 Å². The van der Waals surface area contributed by atoms with Gasteiger partial charge in [0.1, 0.15) is 11.1 Å². The molecule has 2 aromatic rings. The number of carbonyl (C=O) groups is 1. The lowest BCUT2D eigenvalue weighted by molar-refractivity contribution is -0.442. The number of likely N-dealkylation sites (N-methyl/N-ethyl adjacent to an activating group) is 2. The summed E-state index contributed by atoms with van der Waals surface area (Å²) in [6, 6.07) is 6.33. The zero-order valence-electron chi connectivity index (χ0n) is 19.4. The first-order chi connectivity index (χ1) is 16.3. The third-order valence-electron chi connectivity index (χ3n) is 7.06. The Balaban J connectivity index is 1.34. The molecular weight excluding hydrogens is 460 g/mol. The maximum absolute atomic E-state index is 13.0. The number of thiazole rings is 1. The highest BCUT2D eigenvalue weighted by atomic mass is 32.1. The van der Waals surface area contributed by atoms with E-state index in [9.17, 15) is 15.0 Å². The molecule has 3 fully saturated rings. The van der Waals surface area contributed by atoms with E-state index in [0.717, 1.165) is 10.2 Å². The fraction of sp³-hybridized carbons (Fsp3) is 0.652. The molecule has 34 heavy (non-hydrogen) atoms. The summed E-state index contributed by atoms with van der Waals surface area (Å²) in [5, 5.41) is 32.3. The second-order valence-corrected chi connectivity index (χ2v) is 10.4. The third kappa shape index (κ3) is 4.24. The molecule has 1 aromatic carbocycles. The molecule has 5 N–H and O–H groups in total. The third-order valence-corrected chi connectivity index (χ3v) is 8.10. The number of aromatic nitrogens is 1. The first-order valence-electron chi connectivity index (χ1n) is 11.7. The van der Waals surface area contributed by atoms with Crippen molar-refractivity contribution in [2.24, 2.45) is 0 Å². The van der Waals surface area contributed by atoms with Crippen LogP contribution in [0.15, 0.2) is 24.3 Å². The number of nitrogens with zero attached hydrogens (tertiary/aromatic N) is 1. The topological polar surface area (TPSA) is 134 Å². The number of hydrogen-bond acceptors (Lipinski definition) is 10. The number of aliphatic hydroxyl groups is 2. The van der Waals surface area contributed by atoms with Crippen molar-refractivity contribution in [3.8, 4) is 0 Å². The quantitative estimate of drug-likeness (QED) is 0.387. The van der Waals surface area contributed by atoms with Crippen molar-refractivity contribution >= 4 is 27.5 Å². The van der Waals surface area contributed by atoms with Gasteiger partial charge in [0.05, 0.1) is 47.0 Å². The summed E-state index contributed by atoms with van der Waals surface area (Å²) in [5.41, 5.74) is 0.859. The van der Waals surface area contributed by atoms with Crippen molar-refractivity contribution in [2.75, 3.05) is 14.1 Å². The minimum absolute atomic E-state index is 0.0977. The summed E-state index contributed by atoms with van der Waals surface area (Å²) in [4.78, 5) is 17.5.